The second-order valence-corrected chi connectivity index (χ2v) is 2.59. The molecule has 13 heavy (non-hydrogen) atoms. The third-order valence-corrected chi connectivity index (χ3v) is 1.53. The van der Waals surface area contributed by atoms with E-state index in [4.69, 9.17) is 14.9 Å². The lowest BCUT2D eigenvalue weighted by atomic mass is 10.3. The summed E-state index contributed by atoms with van der Waals surface area (Å²) in [6, 6.07) is 3.40. The molecule has 0 amide bonds. The summed E-state index contributed by atoms with van der Waals surface area (Å²) in [7, 11) is 0. The standard InChI is InChI=1S/C9H13NO3/c11-4-1-5-13-9-6-8(7-12)2-3-10-9/h2-3,6,11-12H,1,4-5,7H2. The average Bonchev–Trinajstić information content (AvgIpc) is 2.19. The molecule has 2 N–H and O–H groups in total. The fraction of sp³-hybridized carbons (Fsp3) is 0.444. The Kier molecular flexibility index (Phi) is 4.21. The molecule has 0 saturated heterocycles. The number of rotatable bonds is 5. The van der Waals surface area contributed by atoms with Gasteiger partial charge in [-0.05, 0) is 11.6 Å². The van der Waals surface area contributed by atoms with Crippen LogP contribution in [-0.2, 0) is 6.61 Å². The van der Waals surface area contributed by atoms with Gasteiger partial charge in [-0.2, -0.15) is 0 Å². The van der Waals surface area contributed by atoms with Crippen molar-refractivity contribution >= 4 is 0 Å². The molecule has 0 atom stereocenters. The number of hydrogen-bond donors (Lipinski definition) is 2. The molecule has 0 unspecified atom stereocenters. The van der Waals surface area contributed by atoms with E-state index in [9.17, 15) is 0 Å². The molecule has 0 aliphatic rings. The topological polar surface area (TPSA) is 62.6 Å². The molecule has 1 aromatic heterocycles. The summed E-state index contributed by atoms with van der Waals surface area (Å²) in [4.78, 5) is 3.94. The van der Waals surface area contributed by atoms with Crippen LogP contribution in [0.25, 0.3) is 0 Å². The number of ether oxygens (including phenoxy) is 1. The van der Waals surface area contributed by atoms with Crippen LogP contribution in [0.15, 0.2) is 18.3 Å². The number of nitrogens with zero attached hydrogens (tertiary/aromatic N) is 1. The lowest BCUT2D eigenvalue weighted by molar-refractivity contribution is 0.228. The van der Waals surface area contributed by atoms with Crippen LogP contribution in [0.4, 0.5) is 0 Å². The minimum atomic E-state index is -0.0150. The molecule has 1 aromatic rings. The van der Waals surface area contributed by atoms with Gasteiger partial charge in [0.1, 0.15) is 0 Å². The van der Waals surface area contributed by atoms with Crippen LogP contribution in [0.2, 0.25) is 0 Å². The van der Waals surface area contributed by atoms with Crippen LogP contribution >= 0.6 is 0 Å². The maximum atomic E-state index is 8.81. The monoisotopic (exact) mass is 183 g/mol. The van der Waals surface area contributed by atoms with Gasteiger partial charge in [-0.25, -0.2) is 4.98 Å². The molecule has 4 nitrogen and oxygen atoms in total. The molecule has 72 valence electrons. The van der Waals surface area contributed by atoms with Crippen molar-refractivity contribution in [2.24, 2.45) is 0 Å². The van der Waals surface area contributed by atoms with Crippen LogP contribution in [0.1, 0.15) is 12.0 Å². The molecular formula is C9H13NO3. The molecule has 0 aliphatic carbocycles. The molecule has 1 rings (SSSR count). The first kappa shape index (κ1) is 9.95. The Labute approximate surface area is 76.8 Å². The minimum absolute atomic E-state index is 0.0150. The fourth-order valence-corrected chi connectivity index (χ4v) is 0.869. The van der Waals surface area contributed by atoms with Crippen molar-refractivity contribution in [3.8, 4) is 5.88 Å². The van der Waals surface area contributed by atoms with Crippen LogP contribution in [0.5, 0.6) is 5.88 Å². The zero-order valence-corrected chi connectivity index (χ0v) is 7.31. The van der Waals surface area contributed by atoms with Gasteiger partial charge in [-0.15, -0.1) is 0 Å². The van der Waals surface area contributed by atoms with E-state index in [1.165, 1.54) is 0 Å². The maximum absolute atomic E-state index is 8.81. The van der Waals surface area contributed by atoms with E-state index in [2.05, 4.69) is 4.98 Å². The van der Waals surface area contributed by atoms with E-state index >= 15 is 0 Å². The molecule has 0 radical (unpaired) electrons. The molecule has 0 fully saturated rings. The predicted molar refractivity (Wildman–Crippen MR) is 47.4 cm³/mol. The highest BCUT2D eigenvalue weighted by Crippen LogP contribution is 2.08. The van der Waals surface area contributed by atoms with Crippen LogP contribution in [-0.4, -0.2) is 28.4 Å². The van der Waals surface area contributed by atoms with E-state index in [1.54, 1.807) is 18.3 Å². The summed E-state index contributed by atoms with van der Waals surface area (Å²) in [6.45, 7) is 0.539. The Bertz CT molecular complexity index is 252. The van der Waals surface area contributed by atoms with Crippen molar-refractivity contribution < 1.29 is 14.9 Å². The Morgan fingerprint density at radius 3 is 2.92 bits per heavy atom. The van der Waals surface area contributed by atoms with Crippen molar-refractivity contribution in [1.29, 1.82) is 0 Å². The van der Waals surface area contributed by atoms with Gasteiger partial charge in [0, 0.05) is 25.3 Å². The molecule has 0 saturated carbocycles. The van der Waals surface area contributed by atoms with Crippen LogP contribution < -0.4 is 4.74 Å². The molecule has 1 heterocycles. The fourth-order valence-electron chi connectivity index (χ4n) is 0.869. The van der Waals surface area contributed by atoms with E-state index < -0.39 is 0 Å². The quantitative estimate of drug-likeness (QED) is 0.646. The van der Waals surface area contributed by atoms with E-state index in [-0.39, 0.29) is 13.2 Å². The first-order valence-electron chi connectivity index (χ1n) is 4.16. The number of aliphatic hydroxyl groups excluding tert-OH is 2. The molecule has 4 heteroatoms. The van der Waals surface area contributed by atoms with E-state index in [0.29, 0.717) is 18.9 Å². The minimum Gasteiger partial charge on any atom is -0.478 e. The third kappa shape index (κ3) is 3.40. The summed E-state index contributed by atoms with van der Waals surface area (Å²) in [5, 5.41) is 17.3. The largest absolute Gasteiger partial charge is 0.478 e. The van der Waals surface area contributed by atoms with Crippen molar-refractivity contribution in [2.75, 3.05) is 13.2 Å². The first-order valence-corrected chi connectivity index (χ1v) is 4.16. The summed E-state index contributed by atoms with van der Waals surface area (Å²) >= 11 is 0. The summed E-state index contributed by atoms with van der Waals surface area (Å²) in [5.74, 6) is 0.486. The van der Waals surface area contributed by atoms with E-state index in [1.807, 2.05) is 0 Å². The van der Waals surface area contributed by atoms with E-state index in [0.717, 1.165) is 5.56 Å². The zero-order chi connectivity index (χ0) is 9.52. The second-order valence-electron chi connectivity index (χ2n) is 2.59. The molecule has 0 aliphatic heterocycles. The summed E-state index contributed by atoms with van der Waals surface area (Å²) < 4.78 is 5.21. The summed E-state index contributed by atoms with van der Waals surface area (Å²) in [6.07, 6.45) is 2.17. The molecule has 0 spiro atoms. The van der Waals surface area contributed by atoms with Gasteiger partial charge in [0.25, 0.3) is 0 Å². The maximum Gasteiger partial charge on any atom is 0.213 e. The van der Waals surface area contributed by atoms with Crippen molar-refractivity contribution in [3.63, 3.8) is 0 Å². The Hall–Kier alpha value is -1.13. The molecular weight excluding hydrogens is 170 g/mol. The smallest absolute Gasteiger partial charge is 0.213 e. The Balaban J connectivity index is 2.46. The van der Waals surface area contributed by atoms with Gasteiger partial charge in [0.2, 0.25) is 5.88 Å². The highest BCUT2D eigenvalue weighted by atomic mass is 16.5. The molecule has 0 aromatic carbocycles. The highest BCUT2D eigenvalue weighted by Gasteiger charge is 1.96. The van der Waals surface area contributed by atoms with Crippen LogP contribution in [0, 0.1) is 0 Å². The van der Waals surface area contributed by atoms with Gasteiger partial charge in [-0.1, -0.05) is 0 Å². The molecule has 0 bridgehead atoms. The highest BCUT2D eigenvalue weighted by molar-refractivity contribution is 5.19. The number of aromatic nitrogens is 1. The lowest BCUT2D eigenvalue weighted by Gasteiger charge is -2.04. The van der Waals surface area contributed by atoms with Gasteiger partial charge in [-0.3, -0.25) is 0 Å². The third-order valence-electron chi connectivity index (χ3n) is 1.53. The number of aliphatic hydroxyl groups is 2. The number of hydrogen-bond acceptors (Lipinski definition) is 4. The van der Waals surface area contributed by atoms with Gasteiger partial charge in [0.05, 0.1) is 13.2 Å². The Morgan fingerprint density at radius 2 is 2.23 bits per heavy atom. The van der Waals surface area contributed by atoms with Crippen molar-refractivity contribution in [1.82, 2.24) is 4.98 Å². The van der Waals surface area contributed by atoms with Gasteiger partial charge < -0.3 is 14.9 Å². The number of pyridine rings is 1. The predicted octanol–water partition coefficient (Wildman–Crippen LogP) is 0.335. The Morgan fingerprint density at radius 1 is 1.38 bits per heavy atom. The SMILES string of the molecule is OCCCOc1cc(CO)ccn1. The zero-order valence-electron chi connectivity index (χ0n) is 7.31. The van der Waals surface area contributed by atoms with Gasteiger partial charge >= 0.3 is 0 Å². The average molecular weight is 183 g/mol. The lowest BCUT2D eigenvalue weighted by Crippen LogP contribution is -2.01. The first-order chi connectivity index (χ1) is 6.36. The van der Waals surface area contributed by atoms with Crippen LogP contribution in [0.3, 0.4) is 0 Å². The second kappa shape index (κ2) is 5.50. The van der Waals surface area contributed by atoms with Crippen molar-refractivity contribution in [3.05, 3.63) is 23.9 Å². The van der Waals surface area contributed by atoms with Crippen molar-refractivity contribution in [2.45, 2.75) is 13.0 Å². The summed E-state index contributed by atoms with van der Waals surface area (Å²) in [5.41, 5.74) is 0.772. The normalized spacial score (nSPS) is 10.0. The van der Waals surface area contributed by atoms with Gasteiger partial charge in [0.15, 0.2) is 0 Å².